The van der Waals surface area contributed by atoms with Crippen molar-refractivity contribution < 1.29 is 9.21 Å². The van der Waals surface area contributed by atoms with E-state index in [9.17, 15) is 4.79 Å². The lowest BCUT2D eigenvalue weighted by molar-refractivity contribution is -0.113. The maximum Gasteiger partial charge on any atom is 0.322 e. The van der Waals surface area contributed by atoms with E-state index in [-0.39, 0.29) is 23.6 Å². The van der Waals surface area contributed by atoms with E-state index in [1.165, 1.54) is 11.8 Å². The minimum absolute atomic E-state index is 0.0670. The molecular weight excluding hydrogens is 328 g/mol. The molecule has 1 aromatic carbocycles. The smallest absolute Gasteiger partial charge is 0.322 e. The van der Waals surface area contributed by atoms with Crippen LogP contribution >= 0.6 is 11.8 Å². The van der Waals surface area contributed by atoms with Crippen molar-refractivity contribution in [1.29, 1.82) is 0 Å². The molecule has 0 bridgehead atoms. The summed E-state index contributed by atoms with van der Waals surface area (Å²) in [7, 11) is 0. The summed E-state index contributed by atoms with van der Waals surface area (Å²) in [6.07, 6.45) is 0. The number of carbonyl (C=O) groups is 1. The number of benzene rings is 1. The first-order chi connectivity index (χ1) is 11.6. The van der Waals surface area contributed by atoms with E-state index in [0.717, 1.165) is 11.4 Å². The van der Waals surface area contributed by atoms with Gasteiger partial charge in [0.2, 0.25) is 17.0 Å². The van der Waals surface area contributed by atoms with Crippen LogP contribution in [0.3, 0.4) is 0 Å². The van der Waals surface area contributed by atoms with Gasteiger partial charge in [0.1, 0.15) is 5.82 Å². The third-order valence-electron chi connectivity index (χ3n) is 3.05. The Balaban J connectivity index is 1.54. The largest absolute Gasteiger partial charge is 0.403 e. The molecule has 0 atom stereocenters. The van der Waals surface area contributed by atoms with Crippen molar-refractivity contribution in [2.45, 2.75) is 24.9 Å². The summed E-state index contributed by atoms with van der Waals surface area (Å²) in [5.74, 6) is 1.30. The number of amides is 1. The lowest BCUT2D eigenvalue weighted by Crippen LogP contribution is -2.14. The Kier molecular flexibility index (Phi) is 4.90. The number of hydrogen-bond acceptors (Lipinski definition) is 7. The Labute approximate surface area is 142 Å². The Morgan fingerprint density at radius 3 is 2.79 bits per heavy atom. The molecular formula is C15H16N6O2S. The molecule has 0 unspecified atom stereocenters. The Morgan fingerprint density at radius 1 is 1.29 bits per heavy atom. The number of aromatic nitrogens is 5. The lowest BCUT2D eigenvalue weighted by atomic mass is 10.2. The van der Waals surface area contributed by atoms with Crippen LogP contribution in [0.25, 0.3) is 11.5 Å². The second-order valence-electron chi connectivity index (χ2n) is 5.27. The van der Waals surface area contributed by atoms with Gasteiger partial charge in [-0.25, -0.2) is 4.98 Å². The molecule has 2 N–H and O–H groups in total. The fourth-order valence-electron chi connectivity index (χ4n) is 1.84. The average Bonchev–Trinajstić information content (AvgIpc) is 3.23. The molecule has 0 radical (unpaired) electrons. The molecule has 2 heterocycles. The van der Waals surface area contributed by atoms with Gasteiger partial charge >= 0.3 is 6.01 Å². The van der Waals surface area contributed by atoms with Gasteiger partial charge in [0.05, 0.1) is 5.75 Å². The minimum Gasteiger partial charge on any atom is -0.403 e. The monoisotopic (exact) mass is 344 g/mol. The quantitative estimate of drug-likeness (QED) is 0.662. The predicted octanol–water partition coefficient (Wildman–Crippen LogP) is 2.71. The van der Waals surface area contributed by atoms with Gasteiger partial charge in [-0.2, -0.15) is 0 Å². The van der Waals surface area contributed by atoms with Crippen LogP contribution in [-0.4, -0.2) is 37.0 Å². The van der Waals surface area contributed by atoms with Gasteiger partial charge in [0.15, 0.2) is 0 Å². The third-order valence-corrected chi connectivity index (χ3v) is 3.90. The second kappa shape index (κ2) is 7.26. The first-order valence-corrected chi connectivity index (χ1v) is 8.34. The number of aromatic amines is 1. The van der Waals surface area contributed by atoms with Crippen LogP contribution in [0.15, 0.2) is 39.9 Å². The highest BCUT2D eigenvalue weighted by Gasteiger charge is 2.13. The molecule has 0 spiro atoms. The highest BCUT2D eigenvalue weighted by atomic mass is 32.2. The second-order valence-corrected chi connectivity index (χ2v) is 6.22. The summed E-state index contributed by atoms with van der Waals surface area (Å²) in [6, 6.07) is 9.41. The summed E-state index contributed by atoms with van der Waals surface area (Å²) in [5, 5.41) is 17.7. The van der Waals surface area contributed by atoms with Crippen molar-refractivity contribution in [3.05, 3.63) is 36.2 Å². The zero-order valence-electron chi connectivity index (χ0n) is 13.2. The van der Waals surface area contributed by atoms with Crippen LogP contribution in [0.5, 0.6) is 0 Å². The van der Waals surface area contributed by atoms with Crippen LogP contribution in [0.1, 0.15) is 25.6 Å². The molecule has 0 saturated carbocycles. The van der Waals surface area contributed by atoms with Crippen molar-refractivity contribution in [1.82, 2.24) is 25.4 Å². The number of anilines is 1. The van der Waals surface area contributed by atoms with Crippen LogP contribution < -0.4 is 5.32 Å². The molecule has 1 amide bonds. The van der Waals surface area contributed by atoms with Gasteiger partial charge < -0.3 is 4.42 Å². The predicted molar refractivity (Wildman–Crippen MR) is 89.6 cm³/mol. The Bertz CT molecular complexity index is 814. The van der Waals surface area contributed by atoms with Crippen LogP contribution in [0.4, 0.5) is 6.01 Å². The first kappa shape index (κ1) is 16.2. The molecule has 0 fully saturated rings. The minimum atomic E-state index is -0.265. The fourth-order valence-corrected chi connectivity index (χ4v) is 2.44. The number of nitrogens with zero attached hydrogens (tertiary/aromatic N) is 4. The van der Waals surface area contributed by atoms with E-state index >= 15 is 0 Å². The van der Waals surface area contributed by atoms with E-state index in [1.54, 1.807) is 0 Å². The zero-order chi connectivity index (χ0) is 16.9. The van der Waals surface area contributed by atoms with E-state index in [0.29, 0.717) is 11.0 Å². The number of nitrogens with one attached hydrogen (secondary N) is 2. The van der Waals surface area contributed by atoms with Gasteiger partial charge in [-0.1, -0.05) is 48.9 Å². The summed E-state index contributed by atoms with van der Waals surface area (Å²) in [5.41, 5.74) is 0.793. The number of H-pyrrole nitrogens is 1. The maximum absolute atomic E-state index is 11.9. The summed E-state index contributed by atoms with van der Waals surface area (Å²) in [4.78, 5) is 16.2. The molecule has 0 aliphatic rings. The van der Waals surface area contributed by atoms with E-state index in [4.69, 9.17) is 4.42 Å². The molecule has 8 nitrogen and oxygen atoms in total. The van der Waals surface area contributed by atoms with Gasteiger partial charge in [0, 0.05) is 11.5 Å². The standard InChI is InChI=1S/C15H16N6O2S/c1-9(2)12-17-15(21-18-12)24-8-11(22)16-14-20-19-13(23-14)10-6-4-3-5-7-10/h3-7,9H,8H2,1-2H3,(H,16,20,22)(H,17,18,21). The van der Waals surface area contributed by atoms with Crippen molar-refractivity contribution in [3.8, 4) is 11.5 Å². The molecule has 24 heavy (non-hydrogen) atoms. The van der Waals surface area contributed by atoms with Crippen molar-refractivity contribution in [3.63, 3.8) is 0 Å². The Morgan fingerprint density at radius 2 is 2.08 bits per heavy atom. The van der Waals surface area contributed by atoms with E-state index in [1.807, 2.05) is 44.2 Å². The molecule has 124 valence electrons. The highest BCUT2D eigenvalue weighted by molar-refractivity contribution is 7.99. The van der Waals surface area contributed by atoms with Gasteiger partial charge in [-0.3, -0.25) is 15.2 Å². The van der Waals surface area contributed by atoms with E-state index < -0.39 is 0 Å². The zero-order valence-corrected chi connectivity index (χ0v) is 14.0. The number of hydrogen-bond donors (Lipinski definition) is 2. The Hall–Kier alpha value is -2.68. The highest BCUT2D eigenvalue weighted by Crippen LogP contribution is 2.20. The SMILES string of the molecule is CC(C)c1nc(SCC(=O)Nc2nnc(-c3ccccc3)o2)n[nH]1. The molecule has 9 heteroatoms. The third kappa shape index (κ3) is 3.99. The lowest BCUT2D eigenvalue weighted by Gasteiger charge is -1.98. The van der Waals surface area contributed by atoms with Crippen LogP contribution in [0.2, 0.25) is 0 Å². The average molecular weight is 344 g/mol. The normalized spacial score (nSPS) is 11.0. The molecule has 3 aromatic rings. The van der Waals surface area contributed by atoms with Crippen LogP contribution in [-0.2, 0) is 4.79 Å². The fraction of sp³-hybridized carbons (Fsp3) is 0.267. The molecule has 0 aliphatic heterocycles. The first-order valence-electron chi connectivity index (χ1n) is 7.35. The summed E-state index contributed by atoms with van der Waals surface area (Å²) in [6.45, 7) is 4.03. The van der Waals surface area contributed by atoms with Crippen LogP contribution in [0, 0.1) is 0 Å². The summed E-state index contributed by atoms with van der Waals surface area (Å²) < 4.78 is 5.43. The molecule has 2 aromatic heterocycles. The van der Waals surface area contributed by atoms with Gasteiger partial charge in [-0.15, -0.1) is 10.2 Å². The van der Waals surface area contributed by atoms with Crippen molar-refractivity contribution in [2.24, 2.45) is 0 Å². The van der Waals surface area contributed by atoms with Crippen molar-refractivity contribution >= 4 is 23.7 Å². The summed E-state index contributed by atoms with van der Waals surface area (Å²) >= 11 is 1.23. The molecule has 0 saturated heterocycles. The molecule has 0 aliphatic carbocycles. The molecule has 3 rings (SSSR count). The van der Waals surface area contributed by atoms with Gasteiger partial charge in [0.25, 0.3) is 0 Å². The van der Waals surface area contributed by atoms with Gasteiger partial charge in [-0.05, 0) is 12.1 Å². The van der Waals surface area contributed by atoms with E-state index in [2.05, 4.69) is 30.7 Å². The number of rotatable bonds is 6. The number of thioether (sulfide) groups is 1. The maximum atomic E-state index is 11.9. The number of carbonyl (C=O) groups excluding carboxylic acids is 1. The topological polar surface area (TPSA) is 110 Å². The van der Waals surface area contributed by atoms with Crippen molar-refractivity contribution in [2.75, 3.05) is 11.1 Å².